The number of piperazine rings is 1. The van der Waals surface area contributed by atoms with Crippen molar-refractivity contribution in [3.8, 4) is 0 Å². The van der Waals surface area contributed by atoms with Crippen molar-refractivity contribution in [1.29, 1.82) is 0 Å². The molecule has 0 bridgehead atoms. The predicted molar refractivity (Wildman–Crippen MR) is 71.1 cm³/mol. The average molecular weight is 266 g/mol. The minimum Gasteiger partial charge on any atom is -0.345 e. The summed E-state index contributed by atoms with van der Waals surface area (Å²) in [5, 5.41) is 4.67. The van der Waals surface area contributed by atoms with Crippen molar-refractivity contribution in [3.63, 3.8) is 0 Å². The molecule has 1 aliphatic rings. The third-order valence-corrected chi connectivity index (χ3v) is 4.29. The number of hydrogen-bond donors (Lipinski definition) is 1. The fraction of sp³-hybridized carbons (Fsp3) is 0.538. The second-order valence-electron chi connectivity index (χ2n) is 4.65. The second-order valence-corrected chi connectivity index (χ2v) is 5.68. The molecule has 1 N–H and O–H groups in total. The summed E-state index contributed by atoms with van der Waals surface area (Å²) in [6.07, 6.45) is 0.881. The third kappa shape index (κ3) is 2.56. The van der Waals surface area contributed by atoms with Crippen molar-refractivity contribution in [2.75, 3.05) is 6.54 Å². The molecule has 1 saturated heterocycles. The van der Waals surface area contributed by atoms with Gasteiger partial charge in [-0.3, -0.25) is 9.59 Å². The molecule has 1 fully saturated rings. The molecule has 0 aromatic carbocycles. The van der Waals surface area contributed by atoms with Gasteiger partial charge in [-0.2, -0.15) is 0 Å². The quantitative estimate of drug-likeness (QED) is 0.900. The number of nitrogens with zero attached hydrogens (tertiary/aromatic N) is 1. The van der Waals surface area contributed by atoms with Crippen LogP contribution in [0.2, 0.25) is 0 Å². The summed E-state index contributed by atoms with van der Waals surface area (Å²) in [7, 11) is 0. The van der Waals surface area contributed by atoms with Gasteiger partial charge in [-0.25, -0.2) is 0 Å². The Bertz CT molecular complexity index is 430. The van der Waals surface area contributed by atoms with Crippen LogP contribution in [-0.2, 0) is 16.1 Å². The van der Waals surface area contributed by atoms with E-state index in [0.717, 1.165) is 11.3 Å². The van der Waals surface area contributed by atoms with Crippen LogP contribution in [0.4, 0.5) is 0 Å². The third-order valence-electron chi connectivity index (χ3n) is 3.43. The van der Waals surface area contributed by atoms with Crippen LogP contribution in [0.3, 0.4) is 0 Å². The van der Waals surface area contributed by atoms with Gasteiger partial charge < -0.3 is 10.2 Å². The monoisotopic (exact) mass is 266 g/mol. The molecule has 4 nitrogen and oxygen atoms in total. The number of carbonyl (C=O) groups excluding carboxylic acids is 2. The SMILES string of the molecule is CCC(C)C1C(=O)NCC(=O)N1Cc1cccs1. The van der Waals surface area contributed by atoms with Gasteiger partial charge in [0.05, 0.1) is 13.1 Å². The Morgan fingerprint density at radius 2 is 2.33 bits per heavy atom. The number of hydrogen-bond acceptors (Lipinski definition) is 3. The Morgan fingerprint density at radius 3 is 2.94 bits per heavy atom. The lowest BCUT2D eigenvalue weighted by molar-refractivity contribution is -0.148. The van der Waals surface area contributed by atoms with Crippen LogP contribution in [0.25, 0.3) is 0 Å². The van der Waals surface area contributed by atoms with Crippen LogP contribution in [0.15, 0.2) is 17.5 Å². The number of nitrogens with one attached hydrogen (secondary N) is 1. The van der Waals surface area contributed by atoms with Gasteiger partial charge in [0, 0.05) is 4.88 Å². The number of amides is 2. The summed E-state index contributed by atoms with van der Waals surface area (Å²) in [5.41, 5.74) is 0. The summed E-state index contributed by atoms with van der Waals surface area (Å²) < 4.78 is 0. The van der Waals surface area contributed by atoms with Crippen molar-refractivity contribution in [1.82, 2.24) is 10.2 Å². The van der Waals surface area contributed by atoms with Gasteiger partial charge in [0.25, 0.3) is 0 Å². The van der Waals surface area contributed by atoms with Crippen molar-refractivity contribution >= 4 is 23.2 Å². The topological polar surface area (TPSA) is 49.4 Å². The lowest BCUT2D eigenvalue weighted by Gasteiger charge is -2.37. The van der Waals surface area contributed by atoms with Gasteiger partial charge in [0.15, 0.2) is 0 Å². The highest BCUT2D eigenvalue weighted by molar-refractivity contribution is 7.09. The first kappa shape index (κ1) is 13.1. The Morgan fingerprint density at radius 1 is 1.56 bits per heavy atom. The Kier molecular flexibility index (Phi) is 4.01. The van der Waals surface area contributed by atoms with E-state index in [1.165, 1.54) is 0 Å². The van der Waals surface area contributed by atoms with E-state index in [9.17, 15) is 9.59 Å². The fourth-order valence-electron chi connectivity index (χ4n) is 2.21. The number of carbonyl (C=O) groups is 2. The number of rotatable bonds is 4. The van der Waals surface area contributed by atoms with E-state index < -0.39 is 0 Å². The molecule has 2 amide bonds. The van der Waals surface area contributed by atoms with Gasteiger partial charge in [0.2, 0.25) is 11.8 Å². The maximum absolute atomic E-state index is 12.0. The van der Waals surface area contributed by atoms with Gasteiger partial charge in [-0.1, -0.05) is 26.3 Å². The fourth-order valence-corrected chi connectivity index (χ4v) is 2.91. The maximum atomic E-state index is 12.0. The summed E-state index contributed by atoms with van der Waals surface area (Å²) in [6.45, 7) is 4.72. The zero-order chi connectivity index (χ0) is 13.1. The lowest BCUT2D eigenvalue weighted by atomic mass is 9.95. The summed E-state index contributed by atoms with van der Waals surface area (Å²) >= 11 is 1.62. The normalized spacial score (nSPS) is 21.9. The minimum atomic E-state index is -0.335. The van der Waals surface area contributed by atoms with E-state index in [-0.39, 0.29) is 30.3 Å². The summed E-state index contributed by atoms with van der Waals surface area (Å²) in [6, 6.07) is 3.63. The molecule has 0 radical (unpaired) electrons. The molecule has 2 rings (SSSR count). The van der Waals surface area contributed by atoms with Gasteiger partial charge in [-0.05, 0) is 17.4 Å². The van der Waals surface area contributed by atoms with Gasteiger partial charge in [0.1, 0.15) is 6.04 Å². The molecular weight excluding hydrogens is 248 g/mol. The number of thiophene rings is 1. The Labute approximate surface area is 111 Å². The molecule has 5 heteroatoms. The van der Waals surface area contributed by atoms with E-state index in [0.29, 0.717) is 6.54 Å². The van der Waals surface area contributed by atoms with E-state index in [1.54, 1.807) is 16.2 Å². The molecule has 1 aromatic heterocycles. The van der Waals surface area contributed by atoms with Gasteiger partial charge >= 0.3 is 0 Å². The Hall–Kier alpha value is -1.36. The van der Waals surface area contributed by atoms with Crippen molar-refractivity contribution in [2.24, 2.45) is 5.92 Å². The molecule has 2 unspecified atom stereocenters. The maximum Gasteiger partial charge on any atom is 0.243 e. The molecule has 1 aromatic rings. The lowest BCUT2D eigenvalue weighted by Crippen LogP contribution is -2.60. The second kappa shape index (κ2) is 5.52. The van der Waals surface area contributed by atoms with E-state index in [1.807, 2.05) is 31.4 Å². The molecule has 0 spiro atoms. The molecule has 2 heterocycles. The van der Waals surface area contributed by atoms with Crippen LogP contribution < -0.4 is 5.32 Å². The van der Waals surface area contributed by atoms with Crippen LogP contribution >= 0.6 is 11.3 Å². The largest absolute Gasteiger partial charge is 0.345 e. The minimum absolute atomic E-state index is 0.00769. The van der Waals surface area contributed by atoms with E-state index in [2.05, 4.69) is 5.32 Å². The van der Waals surface area contributed by atoms with E-state index >= 15 is 0 Å². The first-order chi connectivity index (χ1) is 8.63. The zero-order valence-corrected chi connectivity index (χ0v) is 11.5. The van der Waals surface area contributed by atoms with Crippen molar-refractivity contribution in [2.45, 2.75) is 32.9 Å². The first-order valence-corrected chi connectivity index (χ1v) is 7.11. The molecule has 0 aliphatic carbocycles. The van der Waals surface area contributed by atoms with Crippen LogP contribution in [0.1, 0.15) is 25.1 Å². The summed E-state index contributed by atoms with van der Waals surface area (Å²) in [4.78, 5) is 26.8. The van der Waals surface area contributed by atoms with Crippen molar-refractivity contribution in [3.05, 3.63) is 22.4 Å². The van der Waals surface area contributed by atoms with Gasteiger partial charge in [-0.15, -0.1) is 11.3 Å². The molecule has 18 heavy (non-hydrogen) atoms. The highest BCUT2D eigenvalue weighted by atomic mass is 32.1. The highest BCUT2D eigenvalue weighted by Crippen LogP contribution is 2.22. The predicted octanol–water partition coefficient (Wildman–Crippen LogP) is 1.62. The highest BCUT2D eigenvalue weighted by Gasteiger charge is 2.37. The summed E-state index contributed by atoms with van der Waals surface area (Å²) in [5.74, 6) is 0.156. The molecule has 2 atom stereocenters. The molecular formula is C13H18N2O2S. The first-order valence-electron chi connectivity index (χ1n) is 6.23. The van der Waals surface area contributed by atoms with E-state index in [4.69, 9.17) is 0 Å². The Balaban J connectivity index is 2.20. The molecule has 98 valence electrons. The van der Waals surface area contributed by atoms with Crippen LogP contribution in [0.5, 0.6) is 0 Å². The standard InChI is InChI=1S/C13H18N2O2S/c1-3-9(2)12-13(17)14-7-11(16)15(12)8-10-5-4-6-18-10/h4-6,9,12H,3,7-8H2,1-2H3,(H,14,17). The molecule has 0 saturated carbocycles. The smallest absolute Gasteiger partial charge is 0.243 e. The molecule has 1 aliphatic heterocycles. The average Bonchev–Trinajstić information content (AvgIpc) is 2.86. The van der Waals surface area contributed by atoms with Crippen LogP contribution in [-0.4, -0.2) is 29.3 Å². The van der Waals surface area contributed by atoms with Crippen LogP contribution in [0, 0.1) is 5.92 Å². The zero-order valence-electron chi connectivity index (χ0n) is 10.7. The van der Waals surface area contributed by atoms with Crippen molar-refractivity contribution < 1.29 is 9.59 Å².